The second-order valence-electron chi connectivity index (χ2n) is 4.19. The van der Waals surface area contributed by atoms with Gasteiger partial charge in [-0.15, -0.1) is 6.58 Å². The lowest BCUT2D eigenvalue weighted by atomic mass is 10.3. The maximum absolute atomic E-state index is 12.2. The molecule has 18 heavy (non-hydrogen) atoms. The number of aliphatic hydroxyl groups is 1. The predicted molar refractivity (Wildman–Crippen MR) is 70.6 cm³/mol. The van der Waals surface area contributed by atoms with E-state index in [1.807, 2.05) is 0 Å². The highest BCUT2D eigenvalue weighted by Crippen LogP contribution is 2.17. The Morgan fingerprint density at radius 3 is 2.72 bits per heavy atom. The third-order valence-electron chi connectivity index (χ3n) is 2.83. The fourth-order valence-electron chi connectivity index (χ4n) is 1.63. The van der Waals surface area contributed by atoms with Gasteiger partial charge in [-0.05, 0) is 18.9 Å². The first-order chi connectivity index (χ1) is 8.43. The minimum Gasteiger partial charge on any atom is -0.390 e. The largest absolute Gasteiger partial charge is 0.390 e. The van der Waals surface area contributed by atoms with Crippen molar-refractivity contribution in [1.29, 1.82) is 0 Å². The second-order valence-corrected chi connectivity index (χ2v) is 6.24. The summed E-state index contributed by atoms with van der Waals surface area (Å²) in [5.74, 6) is 0. The summed E-state index contributed by atoms with van der Waals surface area (Å²) in [6.45, 7) is 3.89. The van der Waals surface area contributed by atoms with Crippen LogP contribution in [0.2, 0.25) is 0 Å². The number of aromatic nitrogens is 1. The molecular weight excluding hydrogens is 252 g/mol. The van der Waals surface area contributed by atoms with Gasteiger partial charge in [0.2, 0.25) is 10.0 Å². The number of hydrogen-bond acceptors (Lipinski definition) is 3. The SMILES string of the molecule is C=CCCCN(C)S(=O)(=O)c1cc(CO)n(C)c1. The van der Waals surface area contributed by atoms with E-state index in [1.54, 1.807) is 24.7 Å². The molecule has 0 aliphatic heterocycles. The molecule has 0 radical (unpaired) electrons. The molecule has 1 aromatic heterocycles. The summed E-state index contributed by atoms with van der Waals surface area (Å²) in [5.41, 5.74) is 0.577. The molecule has 1 N–H and O–H groups in total. The van der Waals surface area contributed by atoms with Crippen LogP contribution in [0.25, 0.3) is 0 Å². The molecule has 5 nitrogen and oxygen atoms in total. The van der Waals surface area contributed by atoms with Gasteiger partial charge < -0.3 is 9.67 Å². The minimum atomic E-state index is -3.46. The van der Waals surface area contributed by atoms with Crippen molar-refractivity contribution in [2.75, 3.05) is 13.6 Å². The van der Waals surface area contributed by atoms with Gasteiger partial charge in [0.15, 0.2) is 0 Å². The Morgan fingerprint density at radius 2 is 2.22 bits per heavy atom. The van der Waals surface area contributed by atoms with Gasteiger partial charge in [0.25, 0.3) is 0 Å². The molecule has 0 unspecified atom stereocenters. The Kier molecular flexibility index (Phi) is 5.13. The zero-order valence-corrected chi connectivity index (χ0v) is 11.7. The maximum Gasteiger partial charge on any atom is 0.244 e. The number of unbranched alkanes of at least 4 members (excludes halogenated alkanes) is 1. The van der Waals surface area contributed by atoms with Gasteiger partial charge in [-0.3, -0.25) is 0 Å². The molecular formula is C12H20N2O3S. The molecule has 1 aromatic rings. The molecule has 102 valence electrons. The van der Waals surface area contributed by atoms with Crippen molar-refractivity contribution >= 4 is 10.0 Å². The summed E-state index contributed by atoms with van der Waals surface area (Å²) >= 11 is 0. The second kappa shape index (κ2) is 6.17. The van der Waals surface area contributed by atoms with E-state index < -0.39 is 10.0 Å². The lowest BCUT2D eigenvalue weighted by molar-refractivity contribution is 0.272. The summed E-state index contributed by atoms with van der Waals surface area (Å²) in [6, 6.07) is 1.50. The summed E-state index contributed by atoms with van der Waals surface area (Å²) < 4.78 is 27.4. The van der Waals surface area contributed by atoms with Crippen LogP contribution >= 0.6 is 0 Å². The zero-order chi connectivity index (χ0) is 13.8. The van der Waals surface area contributed by atoms with Crippen LogP contribution in [0.1, 0.15) is 18.5 Å². The maximum atomic E-state index is 12.2. The molecule has 0 saturated heterocycles. The minimum absolute atomic E-state index is 0.174. The van der Waals surface area contributed by atoms with Crippen molar-refractivity contribution in [3.8, 4) is 0 Å². The van der Waals surface area contributed by atoms with Crippen molar-refractivity contribution in [2.45, 2.75) is 24.3 Å². The third kappa shape index (κ3) is 3.22. The highest BCUT2D eigenvalue weighted by molar-refractivity contribution is 7.89. The molecule has 0 fully saturated rings. The van der Waals surface area contributed by atoms with Crippen molar-refractivity contribution in [3.63, 3.8) is 0 Å². The van der Waals surface area contributed by atoms with E-state index in [0.717, 1.165) is 12.8 Å². The summed E-state index contributed by atoms with van der Waals surface area (Å²) in [7, 11) is -0.194. The molecule has 0 spiro atoms. The van der Waals surface area contributed by atoms with Crippen molar-refractivity contribution in [2.24, 2.45) is 7.05 Å². The van der Waals surface area contributed by atoms with E-state index in [1.165, 1.54) is 16.6 Å². The van der Waals surface area contributed by atoms with Gasteiger partial charge in [0.05, 0.1) is 6.61 Å². The first kappa shape index (κ1) is 14.9. The monoisotopic (exact) mass is 272 g/mol. The Morgan fingerprint density at radius 1 is 1.56 bits per heavy atom. The van der Waals surface area contributed by atoms with E-state index in [-0.39, 0.29) is 11.5 Å². The van der Waals surface area contributed by atoms with Gasteiger partial charge in [0.1, 0.15) is 4.90 Å². The van der Waals surface area contributed by atoms with Crippen LogP contribution in [0.3, 0.4) is 0 Å². The Balaban J connectivity index is 2.87. The van der Waals surface area contributed by atoms with E-state index in [4.69, 9.17) is 5.11 Å². The normalized spacial score (nSPS) is 12.0. The highest BCUT2D eigenvalue weighted by Gasteiger charge is 2.22. The summed E-state index contributed by atoms with van der Waals surface area (Å²) in [5, 5.41) is 9.07. The standard InChI is InChI=1S/C12H20N2O3S/c1-4-5-6-7-14(3)18(16,17)12-8-11(10-15)13(2)9-12/h4,8-9,15H,1,5-7,10H2,2-3H3. The molecule has 0 aromatic carbocycles. The van der Waals surface area contributed by atoms with Gasteiger partial charge in [-0.1, -0.05) is 6.08 Å². The number of aryl methyl sites for hydroxylation is 1. The Hall–Kier alpha value is -1.11. The smallest absolute Gasteiger partial charge is 0.244 e. The topological polar surface area (TPSA) is 62.5 Å². The summed E-state index contributed by atoms with van der Waals surface area (Å²) in [6.07, 6.45) is 4.83. The van der Waals surface area contributed by atoms with Crippen LogP contribution in [0.5, 0.6) is 0 Å². The molecule has 0 saturated carbocycles. The quantitative estimate of drug-likeness (QED) is 0.597. The van der Waals surface area contributed by atoms with Crippen molar-refractivity contribution in [3.05, 3.63) is 30.6 Å². The highest BCUT2D eigenvalue weighted by atomic mass is 32.2. The van der Waals surface area contributed by atoms with Crippen LogP contribution in [-0.4, -0.2) is 36.0 Å². The molecule has 1 heterocycles. The average molecular weight is 272 g/mol. The average Bonchev–Trinajstić information content (AvgIpc) is 2.71. The molecule has 0 bridgehead atoms. The molecule has 0 amide bonds. The van der Waals surface area contributed by atoms with E-state index >= 15 is 0 Å². The number of aliphatic hydroxyl groups excluding tert-OH is 1. The van der Waals surface area contributed by atoms with E-state index in [2.05, 4.69) is 6.58 Å². The van der Waals surface area contributed by atoms with Crippen LogP contribution in [-0.2, 0) is 23.7 Å². The zero-order valence-electron chi connectivity index (χ0n) is 10.8. The fourth-order valence-corrected chi connectivity index (χ4v) is 2.94. The van der Waals surface area contributed by atoms with Gasteiger partial charge in [0, 0.05) is 32.5 Å². The first-order valence-corrected chi connectivity index (χ1v) is 7.20. The molecule has 0 aliphatic carbocycles. The van der Waals surface area contributed by atoms with Crippen LogP contribution in [0.4, 0.5) is 0 Å². The van der Waals surface area contributed by atoms with Gasteiger partial charge in [-0.25, -0.2) is 12.7 Å². The number of sulfonamides is 1. The number of rotatable bonds is 7. The van der Waals surface area contributed by atoms with Crippen molar-refractivity contribution in [1.82, 2.24) is 8.87 Å². The number of nitrogens with zero attached hydrogens (tertiary/aromatic N) is 2. The van der Waals surface area contributed by atoms with E-state index in [0.29, 0.717) is 12.2 Å². The van der Waals surface area contributed by atoms with Gasteiger partial charge >= 0.3 is 0 Å². The number of hydrogen-bond donors (Lipinski definition) is 1. The van der Waals surface area contributed by atoms with Crippen LogP contribution in [0.15, 0.2) is 29.8 Å². The Labute approximate surface area is 108 Å². The van der Waals surface area contributed by atoms with Gasteiger partial charge in [-0.2, -0.15) is 0 Å². The molecule has 6 heteroatoms. The third-order valence-corrected chi connectivity index (χ3v) is 4.66. The lowest BCUT2D eigenvalue weighted by Crippen LogP contribution is -2.27. The van der Waals surface area contributed by atoms with Crippen molar-refractivity contribution < 1.29 is 13.5 Å². The first-order valence-electron chi connectivity index (χ1n) is 5.76. The lowest BCUT2D eigenvalue weighted by Gasteiger charge is -2.15. The van der Waals surface area contributed by atoms with E-state index in [9.17, 15) is 8.42 Å². The number of allylic oxidation sites excluding steroid dienone is 1. The fraction of sp³-hybridized carbons (Fsp3) is 0.500. The predicted octanol–water partition coefficient (Wildman–Crippen LogP) is 1.10. The molecule has 1 rings (SSSR count). The summed E-state index contributed by atoms with van der Waals surface area (Å²) in [4.78, 5) is 0.218. The van der Waals surface area contributed by atoms with Crippen LogP contribution < -0.4 is 0 Å². The van der Waals surface area contributed by atoms with Crippen LogP contribution in [0, 0.1) is 0 Å². The molecule has 0 atom stereocenters. The Bertz CT molecular complexity index is 505. The molecule has 0 aliphatic rings.